The SMILES string of the molecule is COc1cccc(N(CC2CC2)C2CC2)c1N. The van der Waals surface area contributed by atoms with Crippen molar-refractivity contribution in [2.45, 2.75) is 31.7 Å². The number of hydrogen-bond acceptors (Lipinski definition) is 3. The molecule has 0 aliphatic heterocycles. The van der Waals surface area contributed by atoms with E-state index >= 15 is 0 Å². The van der Waals surface area contributed by atoms with Crippen molar-refractivity contribution in [2.24, 2.45) is 5.92 Å². The van der Waals surface area contributed by atoms with Crippen molar-refractivity contribution < 1.29 is 4.74 Å². The van der Waals surface area contributed by atoms with Crippen molar-refractivity contribution in [1.29, 1.82) is 0 Å². The summed E-state index contributed by atoms with van der Waals surface area (Å²) in [5.74, 6) is 1.69. The molecule has 0 radical (unpaired) electrons. The molecule has 2 N–H and O–H groups in total. The van der Waals surface area contributed by atoms with Crippen LogP contribution in [0.25, 0.3) is 0 Å². The first-order valence-corrected chi connectivity index (χ1v) is 6.48. The zero-order chi connectivity index (χ0) is 11.8. The minimum Gasteiger partial charge on any atom is -0.495 e. The zero-order valence-electron chi connectivity index (χ0n) is 10.4. The van der Waals surface area contributed by atoms with Gasteiger partial charge in [-0.05, 0) is 43.7 Å². The zero-order valence-corrected chi connectivity index (χ0v) is 10.4. The van der Waals surface area contributed by atoms with Crippen molar-refractivity contribution in [3.63, 3.8) is 0 Å². The van der Waals surface area contributed by atoms with Crippen molar-refractivity contribution >= 4 is 11.4 Å². The molecule has 3 nitrogen and oxygen atoms in total. The van der Waals surface area contributed by atoms with Crippen molar-refractivity contribution in [3.8, 4) is 5.75 Å². The van der Waals surface area contributed by atoms with E-state index in [1.165, 1.54) is 37.9 Å². The molecule has 0 aromatic heterocycles. The van der Waals surface area contributed by atoms with Gasteiger partial charge in [0.1, 0.15) is 5.75 Å². The Morgan fingerprint density at radius 2 is 2.06 bits per heavy atom. The van der Waals surface area contributed by atoms with E-state index in [1.807, 2.05) is 12.1 Å². The summed E-state index contributed by atoms with van der Waals surface area (Å²) >= 11 is 0. The Morgan fingerprint density at radius 1 is 1.29 bits per heavy atom. The van der Waals surface area contributed by atoms with Gasteiger partial charge in [0, 0.05) is 12.6 Å². The Bertz CT molecular complexity index is 411. The minimum absolute atomic E-state index is 0.713. The highest BCUT2D eigenvalue weighted by Crippen LogP contribution is 2.41. The number of methoxy groups -OCH3 is 1. The smallest absolute Gasteiger partial charge is 0.143 e. The Hall–Kier alpha value is -1.38. The summed E-state index contributed by atoms with van der Waals surface area (Å²) in [5, 5.41) is 0. The van der Waals surface area contributed by atoms with Gasteiger partial charge in [0.2, 0.25) is 0 Å². The fourth-order valence-corrected chi connectivity index (χ4v) is 2.37. The molecule has 1 aromatic rings. The van der Waals surface area contributed by atoms with Crippen LogP contribution in [0.2, 0.25) is 0 Å². The molecule has 3 heteroatoms. The van der Waals surface area contributed by atoms with Crippen LogP contribution in [-0.4, -0.2) is 19.7 Å². The van der Waals surface area contributed by atoms with Crippen LogP contribution >= 0.6 is 0 Å². The molecule has 0 bridgehead atoms. The summed E-state index contributed by atoms with van der Waals surface area (Å²) in [6, 6.07) is 6.80. The molecule has 0 unspecified atom stereocenters. The molecule has 0 atom stereocenters. The lowest BCUT2D eigenvalue weighted by Crippen LogP contribution is -2.28. The van der Waals surface area contributed by atoms with Crippen molar-refractivity contribution in [3.05, 3.63) is 18.2 Å². The second kappa shape index (κ2) is 4.13. The molecule has 2 fully saturated rings. The van der Waals surface area contributed by atoms with Crippen LogP contribution in [-0.2, 0) is 0 Å². The average molecular weight is 232 g/mol. The van der Waals surface area contributed by atoms with E-state index in [2.05, 4.69) is 11.0 Å². The van der Waals surface area contributed by atoms with E-state index in [-0.39, 0.29) is 0 Å². The van der Waals surface area contributed by atoms with E-state index in [9.17, 15) is 0 Å². The number of para-hydroxylation sites is 1. The van der Waals surface area contributed by atoms with Crippen LogP contribution in [0.1, 0.15) is 25.7 Å². The summed E-state index contributed by atoms with van der Waals surface area (Å²) in [7, 11) is 1.68. The predicted molar refractivity (Wildman–Crippen MR) is 70.5 cm³/mol. The summed E-state index contributed by atoms with van der Waals surface area (Å²) in [6.45, 7) is 1.17. The van der Waals surface area contributed by atoms with Gasteiger partial charge in [-0.3, -0.25) is 0 Å². The number of rotatable bonds is 5. The normalized spacial score (nSPS) is 19.1. The third-order valence-corrected chi connectivity index (χ3v) is 3.71. The van der Waals surface area contributed by atoms with E-state index < -0.39 is 0 Å². The number of anilines is 2. The first kappa shape index (κ1) is 10.8. The molecule has 0 heterocycles. The van der Waals surface area contributed by atoms with Gasteiger partial charge in [-0.2, -0.15) is 0 Å². The number of hydrogen-bond donors (Lipinski definition) is 1. The quantitative estimate of drug-likeness (QED) is 0.793. The molecule has 2 aliphatic rings. The second-order valence-corrected chi connectivity index (χ2v) is 5.22. The van der Waals surface area contributed by atoms with E-state index in [0.717, 1.165) is 17.4 Å². The van der Waals surface area contributed by atoms with Gasteiger partial charge in [0.25, 0.3) is 0 Å². The molecule has 2 aliphatic carbocycles. The molecule has 92 valence electrons. The minimum atomic E-state index is 0.713. The number of ether oxygens (including phenoxy) is 1. The summed E-state index contributed by atoms with van der Waals surface area (Å²) < 4.78 is 5.30. The first-order chi connectivity index (χ1) is 8.29. The van der Waals surface area contributed by atoms with Crippen molar-refractivity contribution in [2.75, 3.05) is 24.3 Å². The predicted octanol–water partition coefficient (Wildman–Crippen LogP) is 2.66. The van der Waals surface area contributed by atoms with Gasteiger partial charge >= 0.3 is 0 Å². The molecular formula is C14H20N2O. The van der Waals surface area contributed by atoms with Gasteiger partial charge in [-0.25, -0.2) is 0 Å². The molecule has 0 spiro atoms. The molecule has 0 amide bonds. The van der Waals surface area contributed by atoms with Gasteiger partial charge < -0.3 is 15.4 Å². The van der Waals surface area contributed by atoms with Gasteiger partial charge in [-0.1, -0.05) is 6.07 Å². The van der Waals surface area contributed by atoms with Crippen LogP contribution in [0.3, 0.4) is 0 Å². The molecule has 3 rings (SSSR count). The Labute approximate surface area is 103 Å². The summed E-state index contributed by atoms with van der Waals surface area (Å²) in [6.07, 6.45) is 5.38. The van der Waals surface area contributed by atoms with Crippen LogP contribution in [0.5, 0.6) is 5.75 Å². The van der Waals surface area contributed by atoms with Crippen molar-refractivity contribution in [1.82, 2.24) is 0 Å². The topological polar surface area (TPSA) is 38.5 Å². The molecule has 0 saturated heterocycles. The van der Waals surface area contributed by atoms with E-state index in [1.54, 1.807) is 7.11 Å². The maximum Gasteiger partial charge on any atom is 0.143 e. The fraction of sp³-hybridized carbons (Fsp3) is 0.571. The average Bonchev–Trinajstić information content (AvgIpc) is 3.19. The van der Waals surface area contributed by atoms with Crippen LogP contribution in [0.4, 0.5) is 11.4 Å². The lowest BCUT2D eigenvalue weighted by molar-refractivity contribution is 0.417. The fourth-order valence-electron chi connectivity index (χ4n) is 2.37. The molecular weight excluding hydrogens is 212 g/mol. The summed E-state index contributed by atoms with van der Waals surface area (Å²) in [5.41, 5.74) is 8.15. The maximum absolute atomic E-state index is 6.19. The third kappa shape index (κ3) is 2.19. The monoisotopic (exact) mass is 232 g/mol. The standard InChI is InChI=1S/C14H20N2O/c1-17-13-4-2-3-12(14(13)15)16(11-7-8-11)9-10-5-6-10/h2-4,10-11H,5-9,15H2,1H3. The maximum atomic E-state index is 6.19. The third-order valence-electron chi connectivity index (χ3n) is 3.71. The van der Waals surface area contributed by atoms with E-state index in [0.29, 0.717) is 6.04 Å². The number of nitrogens with two attached hydrogens (primary N) is 1. The molecule has 2 saturated carbocycles. The highest BCUT2D eigenvalue weighted by molar-refractivity contribution is 5.74. The molecule has 17 heavy (non-hydrogen) atoms. The second-order valence-electron chi connectivity index (χ2n) is 5.22. The lowest BCUT2D eigenvalue weighted by atomic mass is 10.2. The Morgan fingerprint density at radius 3 is 2.65 bits per heavy atom. The highest BCUT2D eigenvalue weighted by atomic mass is 16.5. The number of nitrogen functional groups attached to an aromatic ring is 1. The highest BCUT2D eigenvalue weighted by Gasteiger charge is 2.34. The van der Waals surface area contributed by atoms with Crippen LogP contribution in [0.15, 0.2) is 18.2 Å². The Balaban J connectivity index is 1.88. The molecule has 1 aromatic carbocycles. The largest absolute Gasteiger partial charge is 0.495 e. The number of benzene rings is 1. The summed E-state index contributed by atoms with van der Waals surface area (Å²) in [4.78, 5) is 2.50. The van der Waals surface area contributed by atoms with E-state index in [4.69, 9.17) is 10.5 Å². The lowest BCUT2D eigenvalue weighted by Gasteiger charge is -2.26. The van der Waals surface area contributed by atoms with Crippen LogP contribution < -0.4 is 15.4 Å². The first-order valence-electron chi connectivity index (χ1n) is 6.48. The Kier molecular flexibility index (Phi) is 2.61. The van der Waals surface area contributed by atoms with Gasteiger partial charge in [0.05, 0.1) is 18.5 Å². The van der Waals surface area contributed by atoms with Gasteiger partial charge in [-0.15, -0.1) is 0 Å². The van der Waals surface area contributed by atoms with Crippen LogP contribution in [0, 0.1) is 5.92 Å². The number of nitrogens with zero attached hydrogens (tertiary/aromatic N) is 1. The van der Waals surface area contributed by atoms with Gasteiger partial charge in [0.15, 0.2) is 0 Å².